The van der Waals surface area contributed by atoms with Crippen LogP contribution in [-0.4, -0.2) is 40.6 Å². The van der Waals surface area contributed by atoms with Crippen LogP contribution in [0.1, 0.15) is 39.0 Å². The summed E-state index contributed by atoms with van der Waals surface area (Å²) in [7, 11) is -3.28. The molecule has 0 rings (SSSR count). The Labute approximate surface area is 105 Å². The second kappa shape index (κ2) is 11.0. The van der Waals surface area contributed by atoms with Gasteiger partial charge in [-0.15, -0.1) is 0 Å². The minimum Gasteiger partial charge on any atom is -0.379 e. The van der Waals surface area contributed by atoms with E-state index < -0.39 is 10.0 Å². The van der Waals surface area contributed by atoms with E-state index >= 15 is 0 Å². The molecule has 0 aromatic rings. The van der Waals surface area contributed by atoms with Gasteiger partial charge < -0.3 is 9.47 Å². The van der Waals surface area contributed by atoms with E-state index in [-0.39, 0.29) is 5.75 Å². The van der Waals surface area contributed by atoms with E-state index in [1.54, 1.807) is 0 Å². The molecule has 0 heterocycles. The monoisotopic (exact) mass is 267 g/mol. The highest BCUT2D eigenvalue weighted by Gasteiger charge is 2.01. The first-order valence-corrected chi connectivity index (χ1v) is 7.93. The van der Waals surface area contributed by atoms with E-state index in [2.05, 4.69) is 6.92 Å². The summed E-state index contributed by atoms with van der Waals surface area (Å²) < 4.78 is 31.9. The van der Waals surface area contributed by atoms with Crippen LogP contribution in [0, 0.1) is 0 Å². The third-order valence-corrected chi connectivity index (χ3v) is 3.05. The Morgan fingerprint density at radius 1 is 0.882 bits per heavy atom. The van der Waals surface area contributed by atoms with Crippen LogP contribution in [-0.2, 0) is 19.5 Å². The van der Waals surface area contributed by atoms with E-state index in [1.165, 1.54) is 0 Å². The summed E-state index contributed by atoms with van der Waals surface area (Å²) in [5, 5.41) is 4.89. The number of nitrogens with two attached hydrogens (primary N) is 1. The molecule has 0 atom stereocenters. The van der Waals surface area contributed by atoms with Crippen LogP contribution in [0.2, 0.25) is 0 Å². The standard InChI is InChI=1S/C11H25NO4S/c1-2-7-15-9-10-16-8-5-3-4-6-11-17(12,13)14/h2-11H2,1H3,(H2,12,13,14). The highest BCUT2D eigenvalue weighted by atomic mass is 32.2. The lowest BCUT2D eigenvalue weighted by atomic mass is 10.2. The highest BCUT2D eigenvalue weighted by Crippen LogP contribution is 2.01. The fourth-order valence-corrected chi connectivity index (χ4v) is 1.93. The summed E-state index contributed by atoms with van der Waals surface area (Å²) in [6.45, 7) is 4.86. The van der Waals surface area contributed by atoms with Crippen LogP contribution in [0.25, 0.3) is 0 Å². The van der Waals surface area contributed by atoms with Gasteiger partial charge in [0.25, 0.3) is 0 Å². The molecular weight excluding hydrogens is 242 g/mol. The van der Waals surface area contributed by atoms with Gasteiger partial charge in [-0.1, -0.05) is 19.8 Å². The normalized spacial score (nSPS) is 11.9. The van der Waals surface area contributed by atoms with E-state index in [0.29, 0.717) is 26.2 Å². The van der Waals surface area contributed by atoms with Gasteiger partial charge in [-0.2, -0.15) is 0 Å². The maximum atomic E-state index is 10.6. The number of unbranched alkanes of at least 4 members (excludes halogenated alkanes) is 3. The van der Waals surface area contributed by atoms with Crippen molar-refractivity contribution in [3.8, 4) is 0 Å². The molecule has 0 spiro atoms. The van der Waals surface area contributed by atoms with Crippen LogP contribution >= 0.6 is 0 Å². The number of rotatable bonds is 12. The summed E-state index contributed by atoms with van der Waals surface area (Å²) in [6.07, 6.45) is 4.48. The van der Waals surface area contributed by atoms with Crippen molar-refractivity contribution in [1.82, 2.24) is 0 Å². The molecule has 0 saturated heterocycles. The Morgan fingerprint density at radius 2 is 1.47 bits per heavy atom. The minimum absolute atomic E-state index is 0.0821. The second-order valence-corrected chi connectivity index (χ2v) is 5.74. The second-order valence-electron chi connectivity index (χ2n) is 4.01. The van der Waals surface area contributed by atoms with Gasteiger partial charge in [-0.05, 0) is 19.3 Å². The zero-order valence-corrected chi connectivity index (χ0v) is 11.5. The zero-order chi connectivity index (χ0) is 13.0. The SMILES string of the molecule is CCCOCCOCCCCCCS(N)(=O)=O. The zero-order valence-electron chi connectivity index (χ0n) is 10.7. The van der Waals surface area contributed by atoms with Crippen molar-refractivity contribution in [2.45, 2.75) is 39.0 Å². The molecule has 0 unspecified atom stereocenters. The average molecular weight is 267 g/mol. The molecule has 0 saturated carbocycles. The van der Waals surface area contributed by atoms with Crippen LogP contribution in [0.4, 0.5) is 0 Å². The first-order chi connectivity index (χ1) is 8.06. The molecule has 6 heteroatoms. The molecule has 0 aliphatic heterocycles. The third-order valence-electron chi connectivity index (χ3n) is 2.19. The van der Waals surface area contributed by atoms with Gasteiger partial charge in [0.2, 0.25) is 10.0 Å². The van der Waals surface area contributed by atoms with Gasteiger partial charge in [-0.25, -0.2) is 13.6 Å². The lowest BCUT2D eigenvalue weighted by molar-refractivity contribution is 0.0465. The largest absolute Gasteiger partial charge is 0.379 e. The predicted molar refractivity (Wildman–Crippen MR) is 68.4 cm³/mol. The van der Waals surface area contributed by atoms with Crippen molar-refractivity contribution in [1.29, 1.82) is 0 Å². The molecule has 0 aromatic carbocycles. The summed E-state index contributed by atoms with van der Waals surface area (Å²) in [5.74, 6) is 0.0821. The van der Waals surface area contributed by atoms with Crippen molar-refractivity contribution >= 4 is 10.0 Å². The predicted octanol–water partition coefficient (Wildman–Crippen LogP) is 1.28. The Hall–Kier alpha value is -0.170. The average Bonchev–Trinajstić information content (AvgIpc) is 2.24. The summed E-state index contributed by atoms with van der Waals surface area (Å²) in [4.78, 5) is 0. The quantitative estimate of drug-likeness (QED) is 0.540. The van der Waals surface area contributed by atoms with Gasteiger partial charge in [0.05, 0.1) is 19.0 Å². The van der Waals surface area contributed by atoms with Crippen LogP contribution in [0.15, 0.2) is 0 Å². The molecule has 0 aliphatic rings. The molecule has 0 aliphatic carbocycles. The van der Waals surface area contributed by atoms with Gasteiger partial charge >= 0.3 is 0 Å². The number of hydrogen-bond acceptors (Lipinski definition) is 4. The fraction of sp³-hybridized carbons (Fsp3) is 1.00. The summed E-state index contributed by atoms with van der Waals surface area (Å²) in [5.41, 5.74) is 0. The summed E-state index contributed by atoms with van der Waals surface area (Å²) in [6, 6.07) is 0. The Balaban J connectivity index is 3.04. The molecule has 17 heavy (non-hydrogen) atoms. The number of primary sulfonamides is 1. The maximum Gasteiger partial charge on any atom is 0.209 e. The van der Waals surface area contributed by atoms with Gasteiger partial charge in [-0.3, -0.25) is 0 Å². The molecule has 0 aromatic heterocycles. The third kappa shape index (κ3) is 15.8. The van der Waals surface area contributed by atoms with Crippen LogP contribution in [0.5, 0.6) is 0 Å². The van der Waals surface area contributed by atoms with Crippen LogP contribution in [0.3, 0.4) is 0 Å². The summed E-state index contributed by atoms with van der Waals surface area (Å²) >= 11 is 0. The van der Waals surface area contributed by atoms with E-state index in [0.717, 1.165) is 32.3 Å². The fourth-order valence-electron chi connectivity index (χ4n) is 1.33. The van der Waals surface area contributed by atoms with Crippen molar-refractivity contribution in [2.24, 2.45) is 5.14 Å². The Morgan fingerprint density at radius 3 is 2.06 bits per heavy atom. The van der Waals surface area contributed by atoms with Gasteiger partial charge in [0, 0.05) is 13.2 Å². The van der Waals surface area contributed by atoms with Crippen LogP contribution < -0.4 is 5.14 Å². The highest BCUT2D eigenvalue weighted by molar-refractivity contribution is 7.89. The van der Waals surface area contributed by atoms with Crippen molar-refractivity contribution < 1.29 is 17.9 Å². The first kappa shape index (κ1) is 16.8. The maximum absolute atomic E-state index is 10.6. The van der Waals surface area contributed by atoms with E-state index in [1.807, 2.05) is 0 Å². The van der Waals surface area contributed by atoms with Gasteiger partial charge in [0.15, 0.2) is 0 Å². The molecular formula is C11H25NO4S. The molecule has 104 valence electrons. The minimum atomic E-state index is -3.28. The number of hydrogen-bond donors (Lipinski definition) is 1. The van der Waals surface area contributed by atoms with E-state index in [9.17, 15) is 8.42 Å². The van der Waals surface area contributed by atoms with Crippen molar-refractivity contribution in [3.05, 3.63) is 0 Å². The molecule has 5 nitrogen and oxygen atoms in total. The molecule has 0 radical (unpaired) electrons. The smallest absolute Gasteiger partial charge is 0.209 e. The molecule has 2 N–H and O–H groups in total. The first-order valence-electron chi connectivity index (χ1n) is 6.22. The number of sulfonamides is 1. The molecule has 0 fully saturated rings. The van der Waals surface area contributed by atoms with Crippen molar-refractivity contribution in [3.63, 3.8) is 0 Å². The lowest BCUT2D eigenvalue weighted by Crippen LogP contribution is -2.16. The topological polar surface area (TPSA) is 78.6 Å². The van der Waals surface area contributed by atoms with Crippen molar-refractivity contribution in [2.75, 3.05) is 32.2 Å². The lowest BCUT2D eigenvalue weighted by Gasteiger charge is -2.04. The Kier molecular flexibility index (Phi) is 10.8. The van der Waals surface area contributed by atoms with Gasteiger partial charge in [0.1, 0.15) is 0 Å². The molecule has 0 amide bonds. The van der Waals surface area contributed by atoms with E-state index in [4.69, 9.17) is 14.6 Å². The Bertz CT molecular complexity index is 254. The molecule has 0 bridgehead atoms. The number of ether oxygens (including phenoxy) is 2.